The molecule has 0 spiro atoms. The van der Waals surface area contributed by atoms with E-state index in [-0.39, 0.29) is 0 Å². The number of nitrogens with zero attached hydrogens (tertiary/aromatic N) is 4. The van der Waals surface area contributed by atoms with Crippen molar-refractivity contribution in [1.29, 1.82) is 10.5 Å². The highest BCUT2D eigenvalue weighted by atomic mass is 15.0. The van der Waals surface area contributed by atoms with Gasteiger partial charge in [0.1, 0.15) is 0 Å². The third kappa shape index (κ3) is 3.85. The maximum atomic E-state index is 9.62. The van der Waals surface area contributed by atoms with Crippen LogP contribution in [0.3, 0.4) is 0 Å². The highest BCUT2D eigenvalue weighted by Gasteiger charge is 2.17. The molecule has 5 heteroatoms. The summed E-state index contributed by atoms with van der Waals surface area (Å²) in [6.07, 6.45) is 0. The Morgan fingerprint density at radius 3 is 1.48 bits per heavy atom. The third-order valence-corrected chi connectivity index (χ3v) is 8.46. The molecule has 8 rings (SSSR count). The zero-order chi connectivity index (χ0) is 29.9. The molecule has 0 radical (unpaired) electrons. The molecule has 2 heterocycles. The molecule has 0 atom stereocenters. The van der Waals surface area contributed by atoms with E-state index in [1.165, 1.54) is 10.8 Å². The van der Waals surface area contributed by atoms with Gasteiger partial charge in [-0.25, -0.2) is 0 Å². The minimum atomic E-state index is 0.461. The van der Waals surface area contributed by atoms with E-state index in [0.717, 1.165) is 66.6 Å². The second kappa shape index (κ2) is 9.63. The Labute approximate surface area is 253 Å². The van der Waals surface area contributed by atoms with E-state index >= 15 is 0 Å². The number of aryl methyl sites for hydroxylation is 1. The van der Waals surface area contributed by atoms with Crippen LogP contribution in [-0.4, -0.2) is 9.13 Å². The van der Waals surface area contributed by atoms with Crippen LogP contribution < -0.4 is 5.73 Å². The number of nitrogens with two attached hydrogens (primary N) is 1. The molecule has 2 N–H and O–H groups in total. The molecule has 0 saturated heterocycles. The SMILES string of the molecule is Cc1cc(N)cc(-n2c3ccccc3c3cc(-c4ccc5c(c4)c4ccccc4n5-c4cc(C#N)cc(C#N)c4)ccc32)c1. The fourth-order valence-corrected chi connectivity index (χ4v) is 6.65. The normalized spacial score (nSPS) is 11.3. The van der Waals surface area contributed by atoms with Crippen molar-refractivity contribution in [2.75, 3.05) is 5.73 Å². The van der Waals surface area contributed by atoms with Crippen LogP contribution in [0.2, 0.25) is 0 Å². The monoisotopic (exact) mass is 563 g/mol. The summed E-state index contributed by atoms with van der Waals surface area (Å²) in [5, 5.41) is 23.8. The van der Waals surface area contributed by atoms with Gasteiger partial charge in [-0.2, -0.15) is 10.5 Å². The lowest BCUT2D eigenvalue weighted by Crippen LogP contribution is -1.97. The van der Waals surface area contributed by atoms with Gasteiger partial charge in [0, 0.05) is 38.6 Å². The highest BCUT2D eigenvalue weighted by Crippen LogP contribution is 2.38. The number of para-hydroxylation sites is 2. The number of hydrogen-bond donors (Lipinski definition) is 1. The van der Waals surface area contributed by atoms with Crippen LogP contribution in [0.5, 0.6) is 0 Å². The topological polar surface area (TPSA) is 83.5 Å². The number of benzene rings is 6. The van der Waals surface area contributed by atoms with Crippen LogP contribution in [0.1, 0.15) is 16.7 Å². The third-order valence-electron chi connectivity index (χ3n) is 8.46. The number of aromatic nitrogens is 2. The van der Waals surface area contributed by atoms with Crippen LogP contribution in [-0.2, 0) is 0 Å². The highest BCUT2D eigenvalue weighted by molar-refractivity contribution is 6.12. The Morgan fingerprint density at radius 2 is 0.977 bits per heavy atom. The van der Waals surface area contributed by atoms with E-state index in [1.807, 2.05) is 36.4 Å². The van der Waals surface area contributed by atoms with Gasteiger partial charge in [-0.05, 0) is 96.4 Å². The molecular formula is C39H25N5. The fraction of sp³-hybridized carbons (Fsp3) is 0.0256. The molecule has 0 amide bonds. The Kier molecular flexibility index (Phi) is 5.56. The van der Waals surface area contributed by atoms with Crippen molar-refractivity contribution in [3.63, 3.8) is 0 Å². The quantitative estimate of drug-likeness (QED) is 0.218. The summed E-state index contributed by atoms with van der Waals surface area (Å²) in [7, 11) is 0. The van der Waals surface area contributed by atoms with E-state index in [4.69, 9.17) is 5.73 Å². The number of fused-ring (bicyclic) bond motifs is 6. The molecule has 5 nitrogen and oxygen atoms in total. The van der Waals surface area contributed by atoms with Crippen molar-refractivity contribution in [3.05, 3.63) is 138 Å². The van der Waals surface area contributed by atoms with E-state index in [0.29, 0.717) is 11.1 Å². The molecular weight excluding hydrogens is 538 g/mol. The maximum Gasteiger partial charge on any atom is 0.0992 e. The lowest BCUT2D eigenvalue weighted by atomic mass is 10.0. The summed E-state index contributed by atoms with van der Waals surface area (Å²) < 4.78 is 4.43. The Balaban J connectivity index is 1.35. The smallest absolute Gasteiger partial charge is 0.0992 e. The van der Waals surface area contributed by atoms with E-state index in [9.17, 15) is 10.5 Å². The van der Waals surface area contributed by atoms with Gasteiger partial charge >= 0.3 is 0 Å². The summed E-state index contributed by atoms with van der Waals surface area (Å²) in [6, 6.07) is 45.9. The predicted molar refractivity (Wildman–Crippen MR) is 179 cm³/mol. The zero-order valence-electron chi connectivity index (χ0n) is 23.9. The lowest BCUT2D eigenvalue weighted by Gasteiger charge is -2.11. The maximum absolute atomic E-state index is 9.62. The molecule has 0 saturated carbocycles. The van der Waals surface area contributed by atoms with Crippen molar-refractivity contribution in [2.45, 2.75) is 6.92 Å². The molecule has 0 fully saturated rings. The fourth-order valence-electron chi connectivity index (χ4n) is 6.65. The van der Waals surface area contributed by atoms with E-state index in [1.54, 1.807) is 6.07 Å². The van der Waals surface area contributed by atoms with Crippen LogP contribution in [0.25, 0.3) is 66.1 Å². The van der Waals surface area contributed by atoms with Crippen molar-refractivity contribution >= 4 is 49.3 Å². The number of hydrogen-bond acceptors (Lipinski definition) is 3. The van der Waals surface area contributed by atoms with Crippen molar-refractivity contribution in [2.24, 2.45) is 0 Å². The van der Waals surface area contributed by atoms with Gasteiger partial charge in [0.2, 0.25) is 0 Å². The van der Waals surface area contributed by atoms with Gasteiger partial charge < -0.3 is 14.9 Å². The molecule has 0 unspecified atom stereocenters. The Bertz CT molecular complexity index is 2500. The van der Waals surface area contributed by atoms with Crippen molar-refractivity contribution in [3.8, 4) is 34.6 Å². The minimum absolute atomic E-state index is 0.461. The molecule has 0 aliphatic carbocycles. The second-order valence-corrected chi connectivity index (χ2v) is 11.3. The second-order valence-electron chi connectivity index (χ2n) is 11.3. The summed E-state index contributed by atoms with van der Waals surface area (Å²) >= 11 is 0. The number of rotatable bonds is 3. The first-order chi connectivity index (χ1) is 21.5. The summed E-state index contributed by atoms with van der Waals surface area (Å²) in [5.41, 5.74) is 17.5. The largest absolute Gasteiger partial charge is 0.399 e. The minimum Gasteiger partial charge on any atom is -0.399 e. The molecule has 6 aromatic carbocycles. The summed E-state index contributed by atoms with van der Waals surface area (Å²) in [6.45, 7) is 2.07. The molecule has 0 aliphatic heterocycles. The first kappa shape index (κ1) is 25.4. The van der Waals surface area contributed by atoms with Gasteiger partial charge in [-0.1, -0.05) is 48.5 Å². The Morgan fingerprint density at radius 1 is 0.500 bits per heavy atom. The van der Waals surface area contributed by atoms with E-state index < -0.39 is 0 Å². The van der Waals surface area contributed by atoms with Crippen LogP contribution in [0.4, 0.5) is 5.69 Å². The predicted octanol–water partition coefficient (Wildman–Crippen LogP) is 9.18. The van der Waals surface area contributed by atoms with Crippen LogP contribution in [0.15, 0.2) is 121 Å². The molecule has 44 heavy (non-hydrogen) atoms. The number of nitrogen functional groups attached to an aromatic ring is 1. The van der Waals surface area contributed by atoms with Gasteiger partial charge in [0.05, 0.1) is 45.3 Å². The summed E-state index contributed by atoms with van der Waals surface area (Å²) in [4.78, 5) is 0. The zero-order valence-corrected chi connectivity index (χ0v) is 23.9. The number of anilines is 1. The molecule has 0 aliphatic rings. The van der Waals surface area contributed by atoms with Gasteiger partial charge in [0.15, 0.2) is 0 Å². The van der Waals surface area contributed by atoms with Gasteiger partial charge in [-0.3, -0.25) is 0 Å². The first-order valence-corrected chi connectivity index (χ1v) is 14.4. The lowest BCUT2D eigenvalue weighted by molar-refractivity contribution is 1.17. The first-order valence-electron chi connectivity index (χ1n) is 14.4. The van der Waals surface area contributed by atoms with Crippen molar-refractivity contribution < 1.29 is 0 Å². The van der Waals surface area contributed by atoms with Crippen LogP contribution in [0, 0.1) is 29.6 Å². The molecule has 206 valence electrons. The molecule has 8 aromatic rings. The Hall–Kier alpha value is -6.30. The van der Waals surface area contributed by atoms with Gasteiger partial charge in [0.25, 0.3) is 0 Å². The number of nitriles is 2. The molecule has 2 aromatic heterocycles. The van der Waals surface area contributed by atoms with Crippen LogP contribution >= 0.6 is 0 Å². The van der Waals surface area contributed by atoms with Gasteiger partial charge in [-0.15, -0.1) is 0 Å². The van der Waals surface area contributed by atoms with Crippen molar-refractivity contribution in [1.82, 2.24) is 9.13 Å². The molecule has 0 bridgehead atoms. The average Bonchev–Trinajstić information content (AvgIpc) is 3.56. The van der Waals surface area contributed by atoms with E-state index in [2.05, 4.69) is 107 Å². The standard InChI is InChI=1S/C39H25N5/c1-24-14-29(42)21-30(15-24)43-36-8-4-2-6-32(36)34-19-27(10-12-38(34)43)28-11-13-39-35(20-28)33-7-3-5-9-37(33)44(39)31-17-25(22-40)16-26(18-31)23-41/h2-21H,42H2,1H3. The average molecular weight is 564 g/mol. The summed E-state index contributed by atoms with van der Waals surface area (Å²) in [5.74, 6) is 0.